The Balaban J connectivity index is 1.49. The summed E-state index contributed by atoms with van der Waals surface area (Å²) in [4.78, 5) is 12.3. The Kier molecular flexibility index (Phi) is 6.59. The van der Waals surface area contributed by atoms with Crippen LogP contribution < -0.4 is 10.2 Å². The number of carbonyl (C=O) groups excluding carboxylic acids is 1. The van der Waals surface area contributed by atoms with Crippen molar-refractivity contribution in [3.8, 4) is 22.7 Å². The van der Waals surface area contributed by atoms with Gasteiger partial charge >= 0.3 is 0 Å². The van der Waals surface area contributed by atoms with E-state index in [0.717, 1.165) is 16.8 Å². The van der Waals surface area contributed by atoms with Gasteiger partial charge in [-0.25, -0.2) is 14.5 Å². The molecule has 4 aromatic rings. The maximum Gasteiger partial charge on any atom is 0.277 e. The number of nitrogens with zero attached hydrogens (tertiary/aromatic N) is 3. The lowest BCUT2D eigenvalue weighted by Gasteiger charge is -2.13. The fraction of sp³-hybridized carbons (Fsp3) is 0.115. The molecule has 1 heterocycles. The first-order chi connectivity index (χ1) is 16.0. The number of hydrogen-bond donors (Lipinski definition) is 1. The van der Waals surface area contributed by atoms with Crippen LogP contribution in [0.15, 0.2) is 90.2 Å². The molecule has 1 aromatic heterocycles. The number of benzene rings is 3. The highest BCUT2D eigenvalue weighted by atomic mass is 19.1. The van der Waals surface area contributed by atoms with Gasteiger partial charge in [-0.2, -0.15) is 10.2 Å². The Bertz CT molecular complexity index is 1280. The number of para-hydroxylation sites is 1. The maximum atomic E-state index is 14.1. The molecule has 3 aromatic carbocycles. The zero-order valence-electron chi connectivity index (χ0n) is 18.3. The second-order valence-electron chi connectivity index (χ2n) is 7.49. The molecule has 1 amide bonds. The van der Waals surface area contributed by atoms with E-state index in [1.807, 2.05) is 68.4 Å². The number of ether oxygens (including phenoxy) is 1. The van der Waals surface area contributed by atoms with Crippen LogP contribution >= 0.6 is 0 Å². The van der Waals surface area contributed by atoms with Gasteiger partial charge in [0.25, 0.3) is 5.91 Å². The van der Waals surface area contributed by atoms with Crippen LogP contribution in [-0.2, 0) is 4.79 Å². The molecule has 0 fully saturated rings. The minimum atomic E-state index is -0.423. The van der Waals surface area contributed by atoms with Crippen LogP contribution in [0.3, 0.4) is 0 Å². The van der Waals surface area contributed by atoms with Gasteiger partial charge in [0.05, 0.1) is 23.3 Å². The highest BCUT2D eigenvalue weighted by Gasteiger charge is 2.15. The third-order valence-corrected chi connectivity index (χ3v) is 5.04. The summed E-state index contributed by atoms with van der Waals surface area (Å²) in [6.45, 7) is 3.54. The first-order valence-electron chi connectivity index (χ1n) is 10.4. The van der Waals surface area contributed by atoms with E-state index in [4.69, 9.17) is 4.74 Å². The molecule has 33 heavy (non-hydrogen) atoms. The van der Waals surface area contributed by atoms with Gasteiger partial charge < -0.3 is 4.74 Å². The standard InChI is InChI=1S/C26H23FN4O2/c1-18-8-10-20(11-9-18)19(2)29-30-26(32)17-33-25-13-12-21(27)16-23(25)24-14-15-28-31(24)22-6-4-3-5-7-22/h3-16H,17H2,1-2H3,(H,30,32)/b29-19+. The fourth-order valence-electron chi connectivity index (χ4n) is 3.29. The molecule has 0 unspecified atom stereocenters. The molecule has 0 aliphatic rings. The van der Waals surface area contributed by atoms with Gasteiger partial charge in [0, 0.05) is 5.56 Å². The van der Waals surface area contributed by atoms with Gasteiger partial charge in [0.1, 0.15) is 11.6 Å². The molecule has 0 spiro atoms. The minimum absolute atomic E-state index is 0.275. The van der Waals surface area contributed by atoms with E-state index in [1.54, 1.807) is 16.9 Å². The minimum Gasteiger partial charge on any atom is -0.483 e. The fourth-order valence-corrected chi connectivity index (χ4v) is 3.29. The van der Waals surface area contributed by atoms with E-state index in [1.165, 1.54) is 18.2 Å². The molecule has 0 saturated heterocycles. The number of hydrazone groups is 1. The predicted molar refractivity (Wildman–Crippen MR) is 126 cm³/mol. The molecule has 7 heteroatoms. The number of amides is 1. The molecular formula is C26H23FN4O2. The molecule has 166 valence electrons. The number of aromatic nitrogens is 2. The van der Waals surface area contributed by atoms with Crippen molar-refractivity contribution in [3.63, 3.8) is 0 Å². The Morgan fingerprint density at radius 3 is 2.58 bits per heavy atom. The van der Waals surface area contributed by atoms with Crippen LogP contribution in [0.2, 0.25) is 0 Å². The third kappa shape index (κ3) is 5.33. The predicted octanol–water partition coefficient (Wildman–Crippen LogP) is 4.91. The van der Waals surface area contributed by atoms with Gasteiger partial charge in [-0.3, -0.25) is 4.79 Å². The molecule has 0 saturated carbocycles. The van der Waals surface area contributed by atoms with Gasteiger partial charge in [-0.1, -0.05) is 48.0 Å². The first kappa shape index (κ1) is 22.0. The van der Waals surface area contributed by atoms with Crippen molar-refractivity contribution in [3.05, 3.63) is 102 Å². The van der Waals surface area contributed by atoms with E-state index < -0.39 is 11.7 Å². The summed E-state index contributed by atoms with van der Waals surface area (Å²) in [7, 11) is 0. The number of hydrogen-bond acceptors (Lipinski definition) is 4. The van der Waals surface area contributed by atoms with Crippen molar-refractivity contribution < 1.29 is 13.9 Å². The van der Waals surface area contributed by atoms with Gasteiger partial charge in [-0.05, 0) is 55.8 Å². The Morgan fingerprint density at radius 1 is 1.06 bits per heavy atom. The monoisotopic (exact) mass is 442 g/mol. The average molecular weight is 442 g/mol. The van der Waals surface area contributed by atoms with E-state index in [9.17, 15) is 9.18 Å². The smallest absolute Gasteiger partial charge is 0.277 e. The van der Waals surface area contributed by atoms with Gasteiger partial charge in [0.15, 0.2) is 6.61 Å². The van der Waals surface area contributed by atoms with Crippen molar-refractivity contribution in [2.75, 3.05) is 6.61 Å². The first-order valence-corrected chi connectivity index (χ1v) is 10.4. The van der Waals surface area contributed by atoms with Crippen molar-refractivity contribution >= 4 is 11.6 Å². The van der Waals surface area contributed by atoms with Crippen molar-refractivity contribution in [1.82, 2.24) is 15.2 Å². The van der Waals surface area contributed by atoms with Crippen molar-refractivity contribution in [2.45, 2.75) is 13.8 Å². The topological polar surface area (TPSA) is 68.5 Å². The number of nitrogens with one attached hydrogen (secondary N) is 1. The largest absolute Gasteiger partial charge is 0.483 e. The van der Waals surface area contributed by atoms with Crippen LogP contribution in [0.5, 0.6) is 5.75 Å². The summed E-state index contributed by atoms with van der Waals surface area (Å²) in [5, 5.41) is 8.49. The highest BCUT2D eigenvalue weighted by molar-refractivity contribution is 5.99. The third-order valence-electron chi connectivity index (χ3n) is 5.04. The summed E-state index contributed by atoms with van der Waals surface area (Å²) < 4.78 is 21.5. The molecule has 0 aliphatic carbocycles. The molecule has 0 bridgehead atoms. The van der Waals surface area contributed by atoms with Gasteiger partial charge in [0.2, 0.25) is 0 Å². The Morgan fingerprint density at radius 2 is 1.82 bits per heavy atom. The van der Waals surface area contributed by atoms with Crippen LogP contribution in [0, 0.1) is 12.7 Å². The van der Waals surface area contributed by atoms with Crippen LogP contribution in [0.1, 0.15) is 18.1 Å². The molecule has 4 rings (SSSR count). The molecule has 0 atom stereocenters. The Labute approximate surface area is 191 Å². The van der Waals surface area contributed by atoms with Gasteiger partial charge in [-0.15, -0.1) is 0 Å². The number of rotatable bonds is 7. The van der Waals surface area contributed by atoms with Crippen LogP contribution in [0.4, 0.5) is 4.39 Å². The molecule has 1 N–H and O–H groups in total. The SMILES string of the molecule is C/C(=N\NC(=O)COc1ccc(F)cc1-c1ccnn1-c1ccccc1)c1ccc(C)cc1. The van der Waals surface area contributed by atoms with E-state index in [-0.39, 0.29) is 6.61 Å². The highest BCUT2D eigenvalue weighted by Crippen LogP contribution is 2.32. The van der Waals surface area contributed by atoms with E-state index in [2.05, 4.69) is 15.6 Å². The molecule has 0 aliphatic heterocycles. The van der Waals surface area contributed by atoms with Crippen molar-refractivity contribution in [1.29, 1.82) is 0 Å². The van der Waals surface area contributed by atoms with E-state index >= 15 is 0 Å². The van der Waals surface area contributed by atoms with Crippen LogP contribution in [-0.4, -0.2) is 28.0 Å². The summed E-state index contributed by atoms with van der Waals surface area (Å²) in [5.74, 6) is -0.474. The zero-order chi connectivity index (χ0) is 23.2. The normalized spacial score (nSPS) is 11.3. The lowest BCUT2D eigenvalue weighted by atomic mass is 10.1. The van der Waals surface area contributed by atoms with Crippen molar-refractivity contribution in [2.24, 2.45) is 5.10 Å². The van der Waals surface area contributed by atoms with Crippen LogP contribution in [0.25, 0.3) is 16.9 Å². The molecular weight excluding hydrogens is 419 g/mol. The van der Waals surface area contributed by atoms with E-state index in [0.29, 0.717) is 22.7 Å². The summed E-state index contributed by atoms with van der Waals surface area (Å²) >= 11 is 0. The lowest BCUT2D eigenvalue weighted by Crippen LogP contribution is -2.25. The summed E-state index contributed by atoms with van der Waals surface area (Å²) in [5.41, 5.74) is 7.20. The number of carbonyl (C=O) groups is 1. The molecule has 0 radical (unpaired) electrons. The second kappa shape index (κ2) is 9.91. The summed E-state index contributed by atoms with van der Waals surface area (Å²) in [6, 6.07) is 23.3. The zero-order valence-corrected chi connectivity index (χ0v) is 18.3. The quantitative estimate of drug-likeness (QED) is 0.327. The maximum absolute atomic E-state index is 14.1. The number of aryl methyl sites for hydroxylation is 1. The Hall–Kier alpha value is -4.26. The lowest BCUT2D eigenvalue weighted by molar-refractivity contribution is -0.123. The number of halogens is 1. The summed E-state index contributed by atoms with van der Waals surface area (Å²) in [6.07, 6.45) is 1.63. The average Bonchev–Trinajstić information content (AvgIpc) is 3.32. The second-order valence-corrected chi connectivity index (χ2v) is 7.49. The molecule has 6 nitrogen and oxygen atoms in total.